The lowest BCUT2D eigenvalue weighted by Crippen LogP contribution is -2.51. The number of benzene rings is 2. The highest BCUT2D eigenvalue weighted by molar-refractivity contribution is 5.97. The van der Waals surface area contributed by atoms with Crippen LogP contribution in [0, 0.1) is 49.7 Å². The van der Waals surface area contributed by atoms with E-state index in [2.05, 4.69) is 10.3 Å². The van der Waals surface area contributed by atoms with Crippen molar-refractivity contribution in [2.75, 3.05) is 6.54 Å². The van der Waals surface area contributed by atoms with Gasteiger partial charge in [-0.15, -0.1) is 0 Å². The van der Waals surface area contributed by atoms with Crippen LogP contribution in [0.5, 0.6) is 0 Å². The number of piperidine rings is 1. The summed E-state index contributed by atoms with van der Waals surface area (Å²) >= 11 is 0. The number of hydrogen-bond donors (Lipinski definition) is 2. The molecule has 4 atom stereocenters. The predicted octanol–water partition coefficient (Wildman–Crippen LogP) is 5.74. The second kappa shape index (κ2) is 11.0. The maximum Gasteiger partial charge on any atom is 0.419 e. The molecule has 1 saturated carbocycles. The number of aliphatic carboxylic acids is 1. The van der Waals surface area contributed by atoms with Crippen molar-refractivity contribution >= 4 is 17.8 Å². The number of rotatable bonds is 7. The van der Waals surface area contributed by atoms with Crippen molar-refractivity contribution in [3.05, 3.63) is 75.9 Å². The monoisotopic (exact) mass is 632 g/mol. The van der Waals surface area contributed by atoms with Gasteiger partial charge in [-0.1, -0.05) is 31.5 Å². The molecule has 0 unspecified atom stereocenters. The number of fused-ring (bicyclic) bond motifs is 1. The summed E-state index contributed by atoms with van der Waals surface area (Å²) in [5, 5.41) is 12.0. The van der Waals surface area contributed by atoms with E-state index in [4.69, 9.17) is 0 Å². The quantitative estimate of drug-likeness (QED) is 0.324. The van der Waals surface area contributed by atoms with Crippen molar-refractivity contribution in [2.45, 2.75) is 59.3 Å². The fourth-order valence-corrected chi connectivity index (χ4v) is 7.08. The molecule has 240 valence electrons. The molecule has 0 bridgehead atoms. The number of carboxylic acid groups (broad SMARTS) is 1. The minimum Gasteiger partial charge on any atom is -0.481 e. The van der Waals surface area contributed by atoms with E-state index in [1.165, 1.54) is 17.4 Å². The molecule has 1 aliphatic carbocycles. The van der Waals surface area contributed by atoms with Gasteiger partial charge in [-0.25, -0.2) is 13.8 Å². The number of imidazole rings is 1. The molecule has 1 saturated heterocycles. The summed E-state index contributed by atoms with van der Waals surface area (Å²) in [6.07, 6.45) is -3.53. The number of aryl methyl sites for hydroxylation is 4. The molecular formula is C32H33F5N4O4. The zero-order chi connectivity index (χ0) is 33.3. The molecule has 5 rings (SSSR count). The van der Waals surface area contributed by atoms with Gasteiger partial charge in [0.25, 0.3) is 5.91 Å². The number of carboxylic acids is 1. The molecule has 13 heteroatoms. The first kappa shape index (κ1) is 32.1. The van der Waals surface area contributed by atoms with Crippen LogP contribution in [0.25, 0.3) is 11.1 Å². The molecule has 0 radical (unpaired) electrons. The van der Waals surface area contributed by atoms with E-state index in [1.54, 1.807) is 44.5 Å². The van der Waals surface area contributed by atoms with Gasteiger partial charge in [0.2, 0.25) is 5.91 Å². The summed E-state index contributed by atoms with van der Waals surface area (Å²) in [6.45, 7) is 8.87. The Morgan fingerprint density at radius 1 is 1.09 bits per heavy atom. The lowest BCUT2D eigenvalue weighted by atomic mass is 9.88. The molecule has 2 amide bonds. The SMILES string of the molecule is Cc1cc(C)c(-c2cc(C(F)(F)F)c(F)c([C@H](CC(=O)O)NC(=O)[C@@H]3[C@@H]4[C@H](CN3C(=O)c3cn(C)cn3)C4(C)C)c2F)c(C)c1. The molecule has 2 aliphatic rings. The maximum atomic E-state index is 16.4. The summed E-state index contributed by atoms with van der Waals surface area (Å²) < 4.78 is 76.3. The Morgan fingerprint density at radius 2 is 1.71 bits per heavy atom. The van der Waals surface area contributed by atoms with Crippen LogP contribution < -0.4 is 5.32 Å². The third-order valence-electron chi connectivity index (χ3n) is 9.19. The van der Waals surface area contributed by atoms with Crippen molar-refractivity contribution in [2.24, 2.45) is 24.3 Å². The van der Waals surface area contributed by atoms with E-state index in [9.17, 15) is 32.7 Å². The Bertz CT molecular complexity index is 1710. The normalized spacial score (nSPS) is 21.0. The lowest BCUT2D eigenvalue weighted by molar-refractivity contribution is -0.140. The summed E-state index contributed by atoms with van der Waals surface area (Å²) in [5.41, 5.74) is -2.21. The van der Waals surface area contributed by atoms with E-state index in [-0.39, 0.29) is 35.1 Å². The number of likely N-dealkylation sites (tertiary alicyclic amines) is 1. The number of hydrogen-bond acceptors (Lipinski definition) is 4. The van der Waals surface area contributed by atoms with Crippen LogP contribution in [0.1, 0.15) is 64.6 Å². The van der Waals surface area contributed by atoms with Crippen LogP contribution in [-0.4, -0.2) is 49.9 Å². The molecule has 2 heterocycles. The Hall–Kier alpha value is -4.29. The second-order valence-electron chi connectivity index (χ2n) is 12.7. The van der Waals surface area contributed by atoms with Gasteiger partial charge in [0.15, 0.2) is 0 Å². The summed E-state index contributed by atoms with van der Waals surface area (Å²) in [7, 11) is 1.65. The number of carbonyl (C=O) groups is 3. The number of nitrogens with zero attached hydrogens (tertiary/aromatic N) is 3. The van der Waals surface area contributed by atoms with Crippen molar-refractivity contribution < 1.29 is 41.4 Å². The summed E-state index contributed by atoms with van der Waals surface area (Å²) in [5.74, 6) is -7.02. The van der Waals surface area contributed by atoms with Crippen molar-refractivity contribution in [3.8, 4) is 11.1 Å². The Morgan fingerprint density at radius 3 is 2.24 bits per heavy atom. The highest BCUT2D eigenvalue weighted by Crippen LogP contribution is 2.65. The van der Waals surface area contributed by atoms with Gasteiger partial charge in [-0.05, 0) is 60.8 Å². The van der Waals surface area contributed by atoms with Gasteiger partial charge in [-0.2, -0.15) is 13.2 Å². The Balaban J connectivity index is 1.62. The minimum atomic E-state index is -5.27. The predicted molar refractivity (Wildman–Crippen MR) is 153 cm³/mol. The Labute approximate surface area is 256 Å². The topological polar surface area (TPSA) is 105 Å². The lowest BCUT2D eigenvalue weighted by Gasteiger charge is -2.31. The summed E-state index contributed by atoms with van der Waals surface area (Å²) in [6, 6.07) is 0.439. The van der Waals surface area contributed by atoms with Crippen LogP contribution in [0.3, 0.4) is 0 Å². The maximum absolute atomic E-state index is 16.4. The van der Waals surface area contributed by atoms with E-state index < -0.39 is 70.8 Å². The molecule has 8 nitrogen and oxygen atoms in total. The van der Waals surface area contributed by atoms with Gasteiger partial charge in [0, 0.05) is 30.9 Å². The molecular weight excluding hydrogens is 599 g/mol. The van der Waals surface area contributed by atoms with Crippen LogP contribution in [0.2, 0.25) is 0 Å². The number of amides is 2. The zero-order valence-corrected chi connectivity index (χ0v) is 25.5. The van der Waals surface area contributed by atoms with Crippen molar-refractivity contribution in [1.29, 1.82) is 0 Å². The number of alkyl halides is 3. The number of nitrogens with one attached hydrogen (secondary N) is 1. The van der Waals surface area contributed by atoms with Gasteiger partial charge in [-0.3, -0.25) is 14.4 Å². The van der Waals surface area contributed by atoms with Gasteiger partial charge in [0.05, 0.1) is 24.4 Å². The zero-order valence-electron chi connectivity index (χ0n) is 25.5. The van der Waals surface area contributed by atoms with E-state index in [1.807, 2.05) is 13.8 Å². The van der Waals surface area contributed by atoms with E-state index in [0.29, 0.717) is 17.2 Å². The molecule has 45 heavy (non-hydrogen) atoms. The first-order chi connectivity index (χ1) is 20.8. The molecule has 2 fully saturated rings. The second-order valence-corrected chi connectivity index (χ2v) is 12.7. The van der Waals surface area contributed by atoms with Gasteiger partial charge in [0.1, 0.15) is 23.4 Å². The van der Waals surface area contributed by atoms with Crippen molar-refractivity contribution in [3.63, 3.8) is 0 Å². The average Bonchev–Trinajstić information content (AvgIpc) is 3.26. The molecule has 0 spiro atoms. The van der Waals surface area contributed by atoms with Gasteiger partial charge < -0.3 is 19.9 Å². The standard InChI is InChI=1S/C32H33F5N4O4/c1-14-7-15(2)23(16(3)8-14)17-9-18(32(35,36)37)27(34)24(26(17)33)20(10-22(42)43)39-29(44)28-25-19(31(25,4)5)11-41(28)30(45)21-12-40(6)13-38-21/h7-9,12-13,19-20,25,28H,10-11H2,1-6H3,(H,39,44)(H,42,43)/t19-,20-,25-,28-/m0/s1. The first-order valence-corrected chi connectivity index (χ1v) is 14.3. The van der Waals surface area contributed by atoms with Crippen LogP contribution in [-0.2, 0) is 22.8 Å². The van der Waals surface area contributed by atoms with E-state index in [0.717, 1.165) is 5.56 Å². The number of aromatic nitrogens is 2. The Kier molecular flexibility index (Phi) is 7.82. The van der Waals surface area contributed by atoms with Gasteiger partial charge >= 0.3 is 12.1 Å². The van der Waals surface area contributed by atoms with Crippen molar-refractivity contribution in [1.82, 2.24) is 19.8 Å². The number of carbonyl (C=O) groups excluding carboxylic acids is 2. The van der Waals surface area contributed by atoms with Crippen LogP contribution in [0.4, 0.5) is 22.0 Å². The highest BCUT2D eigenvalue weighted by atomic mass is 19.4. The summed E-state index contributed by atoms with van der Waals surface area (Å²) in [4.78, 5) is 44.5. The fraction of sp³-hybridized carbons (Fsp3) is 0.438. The minimum absolute atomic E-state index is 0.0555. The molecule has 3 aromatic rings. The highest BCUT2D eigenvalue weighted by Gasteiger charge is 2.69. The molecule has 1 aliphatic heterocycles. The van der Waals surface area contributed by atoms with E-state index >= 15 is 8.78 Å². The third-order valence-corrected chi connectivity index (χ3v) is 9.19. The van der Waals surface area contributed by atoms with Crippen LogP contribution >= 0.6 is 0 Å². The molecule has 2 N–H and O–H groups in total. The smallest absolute Gasteiger partial charge is 0.419 e. The number of halogens is 5. The third kappa shape index (κ3) is 5.57. The average molecular weight is 633 g/mol. The molecule has 2 aromatic carbocycles. The largest absolute Gasteiger partial charge is 0.481 e. The molecule has 1 aromatic heterocycles. The fourth-order valence-electron chi connectivity index (χ4n) is 7.08. The first-order valence-electron chi connectivity index (χ1n) is 14.3. The van der Waals surface area contributed by atoms with Crippen LogP contribution in [0.15, 0.2) is 30.7 Å².